The second kappa shape index (κ2) is 5.91. The lowest BCUT2D eigenvalue weighted by Crippen LogP contribution is -2.49. The van der Waals surface area contributed by atoms with Gasteiger partial charge in [-0.1, -0.05) is 15.9 Å². The predicted molar refractivity (Wildman–Crippen MR) is 60.0 cm³/mol. The summed E-state index contributed by atoms with van der Waals surface area (Å²) in [6, 6.07) is 0. The minimum Gasteiger partial charge on any atom is -0.365 e. The van der Waals surface area contributed by atoms with Crippen LogP contribution in [0.15, 0.2) is 0 Å². The second-order valence-corrected chi connectivity index (χ2v) is 4.81. The highest BCUT2D eigenvalue weighted by Crippen LogP contribution is 2.27. The summed E-state index contributed by atoms with van der Waals surface area (Å²) in [5.41, 5.74) is -0.906. The van der Waals surface area contributed by atoms with Crippen molar-refractivity contribution in [2.75, 3.05) is 25.0 Å². The molecule has 1 rings (SSSR count). The van der Waals surface area contributed by atoms with Gasteiger partial charge in [-0.15, -0.1) is 0 Å². The molecular formula is C10H16BrF2NO2. The standard InChI is InChI=1S/C10H16BrF2NO2/c1-10(3-2-6-16-10)9(15)14(5-4-11)7-8(12)13/h8H,2-7H2,1H3. The zero-order chi connectivity index (χ0) is 12.2. The Labute approximate surface area is 102 Å². The number of carbonyl (C=O) groups is 1. The van der Waals surface area contributed by atoms with Gasteiger partial charge in [-0.05, 0) is 19.8 Å². The Morgan fingerprint density at radius 3 is 2.75 bits per heavy atom. The van der Waals surface area contributed by atoms with Crippen molar-refractivity contribution in [3.8, 4) is 0 Å². The van der Waals surface area contributed by atoms with Gasteiger partial charge in [0.15, 0.2) is 0 Å². The van der Waals surface area contributed by atoms with E-state index in [4.69, 9.17) is 4.74 Å². The van der Waals surface area contributed by atoms with E-state index in [2.05, 4.69) is 15.9 Å². The highest BCUT2D eigenvalue weighted by Gasteiger charge is 2.40. The van der Waals surface area contributed by atoms with Crippen molar-refractivity contribution in [1.82, 2.24) is 4.90 Å². The molecular weight excluding hydrogens is 284 g/mol. The van der Waals surface area contributed by atoms with Gasteiger partial charge in [0.1, 0.15) is 5.60 Å². The van der Waals surface area contributed by atoms with Gasteiger partial charge in [0, 0.05) is 18.5 Å². The molecule has 0 saturated carbocycles. The number of alkyl halides is 3. The van der Waals surface area contributed by atoms with E-state index >= 15 is 0 Å². The van der Waals surface area contributed by atoms with E-state index in [1.165, 1.54) is 4.90 Å². The van der Waals surface area contributed by atoms with E-state index in [9.17, 15) is 13.6 Å². The molecule has 1 aliphatic rings. The molecule has 0 spiro atoms. The van der Waals surface area contributed by atoms with Crippen LogP contribution in [0.4, 0.5) is 8.78 Å². The maximum atomic E-state index is 12.3. The smallest absolute Gasteiger partial charge is 0.255 e. The van der Waals surface area contributed by atoms with Crippen molar-refractivity contribution >= 4 is 21.8 Å². The average Bonchev–Trinajstić information content (AvgIpc) is 2.64. The molecule has 0 aliphatic carbocycles. The number of rotatable bonds is 5. The molecule has 1 heterocycles. The molecule has 1 amide bonds. The Morgan fingerprint density at radius 1 is 1.62 bits per heavy atom. The maximum absolute atomic E-state index is 12.3. The molecule has 0 aromatic heterocycles. The van der Waals surface area contributed by atoms with E-state index in [1.54, 1.807) is 6.92 Å². The molecule has 1 fully saturated rings. The Kier molecular flexibility index (Phi) is 5.11. The number of amides is 1. The third-order valence-electron chi connectivity index (χ3n) is 2.67. The van der Waals surface area contributed by atoms with E-state index in [-0.39, 0.29) is 12.5 Å². The van der Waals surface area contributed by atoms with Gasteiger partial charge in [0.05, 0.1) is 6.54 Å². The van der Waals surface area contributed by atoms with Crippen molar-refractivity contribution in [1.29, 1.82) is 0 Å². The minimum absolute atomic E-state index is 0.280. The van der Waals surface area contributed by atoms with Gasteiger partial charge in [-0.2, -0.15) is 0 Å². The number of carbonyl (C=O) groups excluding carboxylic acids is 1. The fourth-order valence-electron chi connectivity index (χ4n) is 1.83. The van der Waals surface area contributed by atoms with Crippen molar-refractivity contribution in [3.05, 3.63) is 0 Å². The summed E-state index contributed by atoms with van der Waals surface area (Å²) >= 11 is 3.15. The highest BCUT2D eigenvalue weighted by atomic mass is 79.9. The van der Waals surface area contributed by atoms with Crippen molar-refractivity contribution < 1.29 is 18.3 Å². The normalized spacial score (nSPS) is 25.1. The first kappa shape index (κ1) is 13.8. The number of hydrogen-bond acceptors (Lipinski definition) is 2. The first-order chi connectivity index (χ1) is 7.49. The van der Waals surface area contributed by atoms with Crippen LogP contribution in [0.5, 0.6) is 0 Å². The number of hydrogen-bond donors (Lipinski definition) is 0. The molecule has 6 heteroatoms. The van der Waals surface area contributed by atoms with Crippen LogP contribution in [0.3, 0.4) is 0 Å². The van der Waals surface area contributed by atoms with Crippen LogP contribution >= 0.6 is 15.9 Å². The molecule has 0 bridgehead atoms. The molecule has 1 saturated heterocycles. The van der Waals surface area contributed by atoms with Crippen LogP contribution < -0.4 is 0 Å². The first-order valence-electron chi connectivity index (χ1n) is 5.27. The summed E-state index contributed by atoms with van der Waals surface area (Å²) in [5, 5.41) is 0.488. The zero-order valence-corrected chi connectivity index (χ0v) is 10.8. The van der Waals surface area contributed by atoms with Gasteiger partial charge in [-0.3, -0.25) is 4.79 Å². The topological polar surface area (TPSA) is 29.5 Å². The summed E-state index contributed by atoms with van der Waals surface area (Å²) in [5.74, 6) is -0.329. The predicted octanol–water partition coefficient (Wildman–Crippen LogP) is 2.04. The Bertz CT molecular complexity index is 245. The van der Waals surface area contributed by atoms with Crippen molar-refractivity contribution in [2.24, 2.45) is 0 Å². The van der Waals surface area contributed by atoms with Gasteiger partial charge < -0.3 is 9.64 Å². The summed E-state index contributed by atoms with van der Waals surface area (Å²) in [6.07, 6.45) is -1.10. The summed E-state index contributed by atoms with van der Waals surface area (Å²) in [6.45, 7) is 1.96. The second-order valence-electron chi connectivity index (χ2n) is 4.01. The molecule has 0 aromatic carbocycles. The third kappa shape index (κ3) is 3.38. The van der Waals surface area contributed by atoms with Crippen LogP contribution in [-0.4, -0.2) is 47.9 Å². The largest absolute Gasteiger partial charge is 0.365 e. The van der Waals surface area contributed by atoms with Crippen LogP contribution in [0.2, 0.25) is 0 Å². The molecule has 0 N–H and O–H groups in total. The van der Waals surface area contributed by atoms with Crippen LogP contribution in [-0.2, 0) is 9.53 Å². The fraction of sp³-hybridized carbons (Fsp3) is 0.900. The van der Waals surface area contributed by atoms with Gasteiger partial charge in [0.25, 0.3) is 12.3 Å². The molecule has 1 unspecified atom stereocenters. The number of halogens is 3. The first-order valence-corrected chi connectivity index (χ1v) is 6.39. The monoisotopic (exact) mass is 299 g/mol. The lowest BCUT2D eigenvalue weighted by molar-refractivity contribution is -0.152. The van der Waals surface area contributed by atoms with E-state index in [0.29, 0.717) is 18.4 Å². The van der Waals surface area contributed by atoms with Crippen molar-refractivity contribution in [3.63, 3.8) is 0 Å². The summed E-state index contributed by atoms with van der Waals surface area (Å²) in [7, 11) is 0. The average molecular weight is 300 g/mol. The lowest BCUT2D eigenvalue weighted by Gasteiger charge is -2.30. The Balaban J connectivity index is 2.65. The summed E-state index contributed by atoms with van der Waals surface area (Å²) in [4.78, 5) is 13.2. The number of ether oxygens (including phenoxy) is 1. The van der Waals surface area contributed by atoms with E-state index in [0.717, 1.165) is 6.42 Å². The van der Waals surface area contributed by atoms with Gasteiger partial charge >= 0.3 is 0 Å². The van der Waals surface area contributed by atoms with Gasteiger partial charge in [0.2, 0.25) is 0 Å². The number of nitrogens with zero attached hydrogens (tertiary/aromatic N) is 1. The molecule has 3 nitrogen and oxygen atoms in total. The van der Waals surface area contributed by atoms with Crippen LogP contribution in [0.1, 0.15) is 19.8 Å². The molecule has 94 valence electrons. The fourth-order valence-corrected chi connectivity index (χ4v) is 2.25. The maximum Gasteiger partial charge on any atom is 0.255 e. The molecule has 1 aliphatic heterocycles. The minimum atomic E-state index is -2.51. The van der Waals surface area contributed by atoms with E-state index < -0.39 is 18.6 Å². The molecule has 16 heavy (non-hydrogen) atoms. The van der Waals surface area contributed by atoms with Gasteiger partial charge in [-0.25, -0.2) is 8.78 Å². The molecule has 1 atom stereocenters. The SMILES string of the molecule is CC1(C(=O)N(CCBr)CC(F)F)CCCO1. The quantitative estimate of drug-likeness (QED) is 0.727. The van der Waals surface area contributed by atoms with Crippen LogP contribution in [0.25, 0.3) is 0 Å². The van der Waals surface area contributed by atoms with Crippen molar-refractivity contribution in [2.45, 2.75) is 31.8 Å². The van der Waals surface area contributed by atoms with Crippen LogP contribution in [0, 0.1) is 0 Å². The van der Waals surface area contributed by atoms with E-state index in [1.807, 2.05) is 0 Å². The third-order valence-corrected chi connectivity index (χ3v) is 3.03. The lowest BCUT2D eigenvalue weighted by atomic mass is 10.0. The Hall–Kier alpha value is -0.230. The zero-order valence-electron chi connectivity index (χ0n) is 9.22. The highest BCUT2D eigenvalue weighted by molar-refractivity contribution is 9.09. The Morgan fingerprint density at radius 2 is 2.31 bits per heavy atom. The molecule has 0 aromatic rings. The summed E-state index contributed by atoms with van der Waals surface area (Å²) < 4.78 is 30.0. The molecule has 0 radical (unpaired) electrons.